The fourth-order valence-corrected chi connectivity index (χ4v) is 3.68. The molecule has 1 saturated carbocycles. The van der Waals surface area contributed by atoms with Crippen LogP contribution in [-0.4, -0.2) is 18.9 Å². The van der Waals surface area contributed by atoms with E-state index in [-0.39, 0.29) is 23.6 Å². The zero-order valence-electron chi connectivity index (χ0n) is 13.4. The van der Waals surface area contributed by atoms with Crippen molar-refractivity contribution in [1.82, 2.24) is 0 Å². The standard InChI is InChI=1S/C18H23ClO3/c1-11(18(21)22-3)13-7-8-15(17(19)10-13)9-14-5-4-6-16(14)12(2)20/h7-8,10-11,14,16H,4-6,9H2,1-3H3. The first-order valence-corrected chi connectivity index (χ1v) is 8.18. The van der Waals surface area contributed by atoms with Crippen LogP contribution in [0.5, 0.6) is 0 Å². The van der Waals surface area contributed by atoms with Gasteiger partial charge in [0, 0.05) is 10.9 Å². The molecule has 0 aliphatic heterocycles. The minimum atomic E-state index is -0.326. The van der Waals surface area contributed by atoms with Gasteiger partial charge in [-0.05, 0) is 56.2 Å². The Balaban J connectivity index is 2.13. The maximum Gasteiger partial charge on any atom is 0.312 e. The SMILES string of the molecule is COC(=O)C(C)c1ccc(CC2CCCC2C(C)=O)c(Cl)c1. The molecule has 0 amide bonds. The highest BCUT2D eigenvalue weighted by atomic mass is 35.5. The van der Waals surface area contributed by atoms with E-state index in [1.54, 1.807) is 13.8 Å². The average molecular weight is 323 g/mol. The maximum atomic E-state index is 11.7. The van der Waals surface area contributed by atoms with Crippen LogP contribution in [-0.2, 0) is 20.7 Å². The molecular weight excluding hydrogens is 300 g/mol. The first kappa shape index (κ1) is 17.0. The van der Waals surface area contributed by atoms with Gasteiger partial charge in [-0.1, -0.05) is 30.2 Å². The smallest absolute Gasteiger partial charge is 0.312 e. The van der Waals surface area contributed by atoms with Gasteiger partial charge in [-0.2, -0.15) is 0 Å². The molecule has 0 N–H and O–H groups in total. The Morgan fingerprint density at radius 3 is 2.68 bits per heavy atom. The number of benzene rings is 1. The van der Waals surface area contributed by atoms with Crippen molar-refractivity contribution < 1.29 is 14.3 Å². The predicted octanol–water partition coefficient (Wildman–Crippen LogP) is 4.16. The zero-order chi connectivity index (χ0) is 16.3. The lowest BCUT2D eigenvalue weighted by molar-refractivity contribution is -0.142. The molecule has 3 atom stereocenters. The van der Waals surface area contributed by atoms with Crippen molar-refractivity contribution in [2.24, 2.45) is 11.8 Å². The highest BCUT2D eigenvalue weighted by Gasteiger charge is 2.31. The van der Waals surface area contributed by atoms with E-state index in [4.69, 9.17) is 16.3 Å². The fourth-order valence-electron chi connectivity index (χ4n) is 3.41. The van der Waals surface area contributed by atoms with Gasteiger partial charge in [-0.25, -0.2) is 0 Å². The van der Waals surface area contributed by atoms with Gasteiger partial charge in [-0.15, -0.1) is 0 Å². The highest BCUT2D eigenvalue weighted by molar-refractivity contribution is 6.31. The Hall–Kier alpha value is -1.35. The average Bonchev–Trinajstić information content (AvgIpc) is 2.96. The molecule has 0 radical (unpaired) electrons. The molecule has 22 heavy (non-hydrogen) atoms. The van der Waals surface area contributed by atoms with Gasteiger partial charge in [0.05, 0.1) is 13.0 Å². The van der Waals surface area contributed by atoms with Crippen LogP contribution in [0.15, 0.2) is 18.2 Å². The van der Waals surface area contributed by atoms with E-state index in [1.807, 2.05) is 18.2 Å². The first-order valence-electron chi connectivity index (χ1n) is 7.80. The van der Waals surface area contributed by atoms with Crippen molar-refractivity contribution >= 4 is 23.4 Å². The molecule has 1 aromatic carbocycles. The lowest BCUT2D eigenvalue weighted by Gasteiger charge is -2.18. The van der Waals surface area contributed by atoms with Crippen LogP contribution in [0.3, 0.4) is 0 Å². The van der Waals surface area contributed by atoms with Crippen LogP contribution < -0.4 is 0 Å². The lowest BCUT2D eigenvalue weighted by Crippen LogP contribution is -2.18. The molecule has 0 heterocycles. The molecular formula is C18H23ClO3. The quantitative estimate of drug-likeness (QED) is 0.764. The van der Waals surface area contributed by atoms with E-state index in [0.717, 1.165) is 36.8 Å². The number of halogens is 1. The number of methoxy groups -OCH3 is 1. The summed E-state index contributed by atoms with van der Waals surface area (Å²) in [5, 5.41) is 0.669. The number of rotatable bonds is 5. The second kappa shape index (κ2) is 7.28. The van der Waals surface area contributed by atoms with Gasteiger partial charge in [0.2, 0.25) is 0 Å². The normalized spacial score (nSPS) is 22.4. The summed E-state index contributed by atoms with van der Waals surface area (Å²) in [5.74, 6) is 0.252. The number of hydrogen-bond acceptors (Lipinski definition) is 3. The molecule has 0 spiro atoms. The molecule has 2 rings (SSSR count). The highest BCUT2D eigenvalue weighted by Crippen LogP contribution is 2.36. The van der Waals surface area contributed by atoms with Crippen molar-refractivity contribution in [2.75, 3.05) is 7.11 Å². The van der Waals surface area contributed by atoms with Gasteiger partial charge in [0.25, 0.3) is 0 Å². The third kappa shape index (κ3) is 3.70. The number of carbonyl (C=O) groups is 2. The van der Waals surface area contributed by atoms with Crippen molar-refractivity contribution in [2.45, 2.75) is 45.4 Å². The minimum Gasteiger partial charge on any atom is -0.469 e. The van der Waals surface area contributed by atoms with Crippen LogP contribution >= 0.6 is 11.6 Å². The second-order valence-electron chi connectivity index (χ2n) is 6.21. The van der Waals surface area contributed by atoms with Crippen LogP contribution in [0, 0.1) is 11.8 Å². The largest absolute Gasteiger partial charge is 0.469 e. The van der Waals surface area contributed by atoms with Crippen molar-refractivity contribution in [3.05, 3.63) is 34.3 Å². The number of ketones is 1. The maximum absolute atomic E-state index is 11.7. The molecule has 0 aromatic heterocycles. The van der Waals surface area contributed by atoms with Gasteiger partial charge >= 0.3 is 5.97 Å². The van der Waals surface area contributed by atoms with Crippen molar-refractivity contribution in [3.63, 3.8) is 0 Å². The molecule has 120 valence electrons. The van der Waals surface area contributed by atoms with Crippen LogP contribution in [0.25, 0.3) is 0 Å². The van der Waals surface area contributed by atoms with Crippen LogP contribution in [0.2, 0.25) is 5.02 Å². The summed E-state index contributed by atoms with van der Waals surface area (Å²) in [6, 6.07) is 5.75. The fraction of sp³-hybridized carbons (Fsp3) is 0.556. The molecule has 0 bridgehead atoms. The van der Waals surface area contributed by atoms with Gasteiger partial charge in [-0.3, -0.25) is 9.59 Å². The molecule has 3 unspecified atom stereocenters. The Labute approximate surface area is 137 Å². The van der Waals surface area contributed by atoms with Crippen molar-refractivity contribution in [1.29, 1.82) is 0 Å². The number of ether oxygens (including phenoxy) is 1. The predicted molar refractivity (Wildman–Crippen MR) is 87.1 cm³/mol. The minimum absolute atomic E-state index is 0.171. The summed E-state index contributed by atoms with van der Waals surface area (Å²) in [4.78, 5) is 23.3. The zero-order valence-corrected chi connectivity index (χ0v) is 14.2. The molecule has 1 aliphatic rings. The molecule has 1 aliphatic carbocycles. The third-order valence-corrected chi connectivity index (χ3v) is 5.15. The second-order valence-corrected chi connectivity index (χ2v) is 6.62. The topological polar surface area (TPSA) is 43.4 Å². The Morgan fingerprint density at radius 1 is 1.36 bits per heavy atom. The summed E-state index contributed by atoms with van der Waals surface area (Å²) in [5.41, 5.74) is 1.91. The molecule has 1 aromatic rings. The summed E-state index contributed by atoms with van der Waals surface area (Å²) < 4.78 is 4.77. The van der Waals surface area contributed by atoms with E-state index in [1.165, 1.54) is 7.11 Å². The number of esters is 1. The van der Waals surface area contributed by atoms with Gasteiger partial charge < -0.3 is 4.74 Å². The van der Waals surface area contributed by atoms with E-state index in [2.05, 4.69) is 0 Å². The Bertz CT molecular complexity index is 567. The third-order valence-electron chi connectivity index (χ3n) is 4.80. The number of carbonyl (C=O) groups excluding carboxylic acids is 2. The summed E-state index contributed by atoms with van der Waals surface area (Å²) >= 11 is 6.39. The molecule has 0 saturated heterocycles. The van der Waals surface area contributed by atoms with Crippen molar-refractivity contribution in [3.8, 4) is 0 Å². The molecule has 3 nitrogen and oxygen atoms in total. The summed E-state index contributed by atoms with van der Waals surface area (Å²) in [6.07, 6.45) is 4.02. The van der Waals surface area contributed by atoms with Gasteiger partial charge in [0.1, 0.15) is 5.78 Å². The lowest BCUT2D eigenvalue weighted by atomic mass is 9.86. The van der Waals surface area contributed by atoms with Gasteiger partial charge in [0.15, 0.2) is 0 Å². The van der Waals surface area contributed by atoms with E-state index in [9.17, 15) is 9.59 Å². The Morgan fingerprint density at radius 2 is 2.09 bits per heavy atom. The summed E-state index contributed by atoms with van der Waals surface area (Å²) in [7, 11) is 1.39. The van der Waals surface area contributed by atoms with E-state index in [0.29, 0.717) is 10.9 Å². The Kier molecular flexibility index (Phi) is 5.63. The first-order chi connectivity index (χ1) is 10.4. The van der Waals surface area contributed by atoms with Crippen LogP contribution in [0.1, 0.15) is 50.2 Å². The van der Waals surface area contributed by atoms with E-state index < -0.39 is 0 Å². The molecule has 1 fully saturated rings. The number of hydrogen-bond donors (Lipinski definition) is 0. The van der Waals surface area contributed by atoms with Crippen LogP contribution in [0.4, 0.5) is 0 Å². The monoisotopic (exact) mass is 322 g/mol. The number of Topliss-reactive ketones (excluding diaryl/α,β-unsaturated/α-hetero) is 1. The van der Waals surface area contributed by atoms with E-state index >= 15 is 0 Å². The summed E-state index contributed by atoms with van der Waals surface area (Å²) in [6.45, 7) is 3.49. The molecule has 4 heteroatoms.